The van der Waals surface area contributed by atoms with E-state index in [0.717, 1.165) is 16.9 Å². The van der Waals surface area contributed by atoms with Gasteiger partial charge in [0.1, 0.15) is 18.1 Å². The van der Waals surface area contributed by atoms with Gasteiger partial charge in [-0.3, -0.25) is 9.48 Å². The number of nitrogens with one attached hydrogen (secondary N) is 1. The molecule has 7 heteroatoms. The van der Waals surface area contributed by atoms with Gasteiger partial charge in [-0.2, -0.15) is 5.10 Å². The highest BCUT2D eigenvalue weighted by Crippen LogP contribution is 2.23. The minimum atomic E-state index is -0.380. The van der Waals surface area contributed by atoms with Gasteiger partial charge in [0, 0.05) is 19.3 Å². The van der Waals surface area contributed by atoms with Crippen molar-refractivity contribution in [3.05, 3.63) is 58.6 Å². The average Bonchev–Trinajstić information content (AvgIpc) is 3.14. The molecule has 1 amide bonds. The quantitative estimate of drug-likeness (QED) is 0.771. The Balaban J connectivity index is 1.77. The summed E-state index contributed by atoms with van der Waals surface area (Å²) in [6.45, 7) is 5.93. The van der Waals surface area contributed by atoms with E-state index in [1.165, 1.54) is 0 Å². The van der Waals surface area contributed by atoms with Crippen LogP contribution in [0, 0.1) is 20.8 Å². The molecule has 0 saturated heterocycles. The molecule has 130 valence electrons. The number of hydrogen-bond donors (Lipinski definition) is 1. The number of hydrogen-bond acceptors (Lipinski definition) is 5. The lowest BCUT2D eigenvalue weighted by atomic mass is 10.1. The number of carbonyl (C=O) groups is 1. The Morgan fingerprint density at radius 1 is 1.28 bits per heavy atom. The second-order valence-corrected chi connectivity index (χ2v) is 5.95. The number of rotatable bonds is 5. The van der Waals surface area contributed by atoms with Crippen LogP contribution >= 0.6 is 0 Å². The molecule has 2 aromatic heterocycles. The summed E-state index contributed by atoms with van der Waals surface area (Å²) < 4.78 is 12.7. The number of aromatic nitrogens is 3. The van der Waals surface area contributed by atoms with Gasteiger partial charge in [-0.1, -0.05) is 17.3 Å². The normalized spacial score (nSPS) is 10.7. The first kappa shape index (κ1) is 16.8. The first-order valence-electron chi connectivity index (χ1n) is 7.90. The summed E-state index contributed by atoms with van der Waals surface area (Å²) in [5.74, 6) is 1.40. The van der Waals surface area contributed by atoms with E-state index in [1.807, 2.05) is 32.0 Å². The molecule has 0 atom stereocenters. The van der Waals surface area contributed by atoms with Crippen LogP contribution in [0.4, 0.5) is 5.82 Å². The smallest absolute Gasteiger partial charge is 0.279 e. The van der Waals surface area contributed by atoms with Crippen LogP contribution in [0.15, 0.2) is 35.0 Å². The molecule has 0 bridgehead atoms. The van der Waals surface area contributed by atoms with Crippen LogP contribution in [0.25, 0.3) is 0 Å². The van der Waals surface area contributed by atoms with Crippen molar-refractivity contribution >= 4 is 11.7 Å². The first-order valence-corrected chi connectivity index (χ1v) is 7.90. The molecule has 0 fully saturated rings. The lowest BCUT2D eigenvalue weighted by Crippen LogP contribution is -2.16. The van der Waals surface area contributed by atoms with E-state index in [4.69, 9.17) is 9.26 Å². The van der Waals surface area contributed by atoms with Crippen LogP contribution < -0.4 is 10.1 Å². The van der Waals surface area contributed by atoms with Crippen molar-refractivity contribution in [1.82, 2.24) is 14.9 Å². The van der Waals surface area contributed by atoms with E-state index >= 15 is 0 Å². The van der Waals surface area contributed by atoms with Crippen molar-refractivity contribution in [3.8, 4) is 5.75 Å². The molecule has 0 spiro atoms. The Morgan fingerprint density at radius 2 is 2.08 bits per heavy atom. The molecule has 25 heavy (non-hydrogen) atoms. The molecular weight excluding hydrogens is 320 g/mol. The Bertz CT molecular complexity index is 911. The molecule has 0 saturated carbocycles. The molecule has 0 aliphatic carbocycles. The number of carbonyl (C=O) groups excluding carboxylic acids is 1. The molecule has 1 N–H and O–H groups in total. The number of amides is 1. The van der Waals surface area contributed by atoms with Crippen molar-refractivity contribution in [2.24, 2.45) is 7.05 Å². The Morgan fingerprint density at radius 3 is 2.80 bits per heavy atom. The summed E-state index contributed by atoms with van der Waals surface area (Å²) in [6.07, 6.45) is 1.74. The lowest BCUT2D eigenvalue weighted by Gasteiger charge is -2.10. The van der Waals surface area contributed by atoms with Gasteiger partial charge in [0.25, 0.3) is 5.91 Å². The predicted molar refractivity (Wildman–Crippen MR) is 92.6 cm³/mol. The first-order chi connectivity index (χ1) is 11.9. The van der Waals surface area contributed by atoms with Crippen LogP contribution in [0.2, 0.25) is 0 Å². The lowest BCUT2D eigenvalue weighted by molar-refractivity contribution is 0.101. The maximum Gasteiger partial charge on any atom is 0.279 e. The third-order valence-electron chi connectivity index (χ3n) is 3.87. The molecule has 3 rings (SSSR count). The minimum absolute atomic E-state index is 0.199. The van der Waals surface area contributed by atoms with Gasteiger partial charge in [0.15, 0.2) is 11.5 Å². The highest BCUT2D eigenvalue weighted by atomic mass is 16.5. The summed E-state index contributed by atoms with van der Waals surface area (Å²) in [5, 5.41) is 10.7. The van der Waals surface area contributed by atoms with E-state index in [0.29, 0.717) is 17.1 Å². The van der Waals surface area contributed by atoms with Crippen LogP contribution in [0.5, 0.6) is 5.75 Å². The maximum absolute atomic E-state index is 12.5. The molecule has 7 nitrogen and oxygen atoms in total. The number of aryl methyl sites for hydroxylation is 4. The zero-order chi connectivity index (χ0) is 18.0. The third kappa shape index (κ3) is 3.71. The van der Waals surface area contributed by atoms with Gasteiger partial charge in [0.2, 0.25) is 0 Å². The SMILES string of the molecule is Cc1ccc(C)c(OCc2c(C(=O)Nc3ccn(C)n3)noc2C)c1. The second-order valence-electron chi connectivity index (χ2n) is 5.95. The van der Waals surface area contributed by atoms with Crippen molar-refractivity contribution in [3.63, 3.8) is 0 Å². The van der Waals surface area contributed by atoms with E-state index in [9.17, 15) is 4.79 Å². The average molecular weight is 340 g/mol. The second kappa shape index (κ2) is 6.80. The predicted octanol–water partition coefficient (Wildman–Crippen LogP) is 3.16. The van der Waals surface area contributed by atoms with Crippen molar-refractivity contribution in [2.45, 2.75) is 27.4 Å². The standard InChI is InChI=1S/C18H20N4O3/c1-11-5-6-12(2)15(9-11)24-10-14-13(3)25-21-17(14)18(23)19-16-7-8-22(4)20-16/h5-9H,10H2,1-4H3,(H,19,20,23). The molecule has 1 aromatic carbocycles. The summed E-state index contributed by atoms with van der Waals surface area (Å²) in [6, 6.07) is 7.70. The third-order valence-corrected chi connectivity index (χ3v) is 3.87. The van der Waals surface area contributed by atoms with Gasteiger partial charge in [-0.05, 0) is 38.0 Å². The zero-order valence-corrected chi connectivity index (χ0v) is 14.7. The number of anilines is 1. The summed E-state index contributed by atoms with van der Waals surface area (Å²) in [4.78, 5) is 12.5. The fourth-order valence-electron chi connectivity index (χ4n) is 2.41. The van der Waals surface area contributed by atoms with Gasteiger partial charge in [0.05, 0.1) is 5.56 Å². The molecule has 2 heterocycles. The van der Waals surface area contributed by atoms with Crippen LogP contribution in [0.1, 0.15) is 32.9 Å². The van der Waals surface area contributed by atoms with Crippen molar-refractivity contribution < 1.29 is 14.1 Å². The van der Waals surface area contributed by atoms with Crippen LogP contribution in [-0.4, -0.2) is 20.8 Å². The topological polar surface area (TPSA) is 82.2 Å². The van der Waals surface area contributed by atoms with E-state index < -0.39 is 0 Å². The van der Waals surface area contributed by atoms with Gasteiger partial charge >= 0.3 is 0 Å². The molecule has 0 radical (unpaired) electrons. The Kier molecular flexibility index (Phi) is 4.56. The van der Waals surface area contributed by atoms with Crippen LogP contribution in [-0.2, 0) is 13.7 Å². The van der Waals surface area contributed by atoms with E-state index in [2.05, 4.69) is 15.6 Å². The number of nitrogens with zero attached hydrogens (tertiary/aromatic N) is 3. The molecule has 0 unspecified atom stereocenters. The van der Waals surface area contributed by atoms with Crippen molar-refractivity contribution in [2.75, 3.05) is 5.32 Å². The minimum Gasteiger partial charge on any atom is -0.488 e. The zero-order valence-electron chi connectivity index (χ0n) is 14.7. The van der Waals surface area contributed by atoms with E-state index in [-0.39, 0.29) is 18.2 Å². The summed E-state index contributed by atoms with van der Waals surface area (Å²) >= 11 is 0. The highest BCUT2D eigenvalue weighted by molar-refractivity contribution is 6.03. The highest BCUT2D eigenvalue weighted by Gasteiger charge is 2.21. The largest absolute Gasteiger partial charge is 0.488 e. The molecular formula is C18H20N4O3. The molecule has 0 aliphatic rings. The summed E-state index contributed by atoms with van der Waals surface area (Å²) in [7, 11) is 1.78. The molecule has 3 aromatic rings. The van der Waals surface area contributed by atoms with Crippen LogP contribution in [0.3, 0.4) is 0 Å². The maximum atomic E-state index is 12.5. The summed E-state index contributed by atoms with van der Waals surface area (Å²) in [5.41, 5.74) is 2.96. The Hall–Kier alpha value is -3.09. The number of ether oxygens (including phenoxy) is 1. The Labute approximate surface area is 145 Å². The van der Waals surface area contributed by atoms with Gasteiger partial charge < -0.3 is 14.6 Å². The monoisotopic (exact) mass is 340 g/mol. The molecule has 0 aliphatic heterocycles. The van der Waals surface area contributed by atoms with E-state index in [1.54, 1.807) is 30.9 Å². The van der Waals surface area contributed by atoms with Crippen molar-refractivity contribution in [1.29, 1.82) is 0 Å². The fraction of sp³-hybridized carbons (Fsp3) is 0.278. The number of benzene rings is 1. The van der Waals surface area contributed by atoms with Gasteiger partial charge in [-0.25, -0.2) is 0 Å². The fourth-order valence-corrected chi connectivity index (χ4v) is 2.41. The van der Waals surface area contributed by atoms with Gasteiger partial charge in [-0.15, -0.1) is 0 Å².